The molecule has 0 bridgehead atoms. The van der Waals surface area contributed by atoms with Crippen molar-refractivity contribution in [3.05, 3.63) is 12.2 Å². The highest BCUT2D eigenvalue weighted by atomic mass is 31.2. The van der Waals surface area contributed by atoms with E-state index in [2.05, 4.69) is 19.1 Å². The zero-order valence-electron chi connectivity index (χ0n) is 17.2. The molecule has 0 heterocycles. The predicted molar refractivity (Wildman–Crippen MR) is 113 cm³/mol. The Kier molecular flexibility index (Phi) is 16.8. The maximum atomic E-state index is 12.3. The molecule has 0 aromatic carbocycles. The van der Waals surface area contributed by atoms with Gasteiger partial charge in [0.15, 0.2) is 5.52 Å². The third-order valence-electron chi connectivity index (χ3n) is 5.13. The maximum absolute atomic E-state index is 12.3. The van der Waals surface area contributed by atoms with Crippen molar-refractivity contribution in [3.63, 3.8) is 0 Å². The zero-order valence-corrected chi connectivity index (χ0v) is 18.1. The van der Waals surface area contributed by atoms with Crippen LogP contribution in [0.5, 0.6) is 0 Å². The molecule has 0 rings (SSSR count). The number of hydrogen-bond acceptors (Lipinski definition) is 2. The van der Waals surface area contributed by atoms with Crippen molar-refractivity contribution < 1.29 is 9.36 Å². The SMILES string of the molecule is CCCCCCCCC=CCCCCCCCC(=O)P(=O)(CC)CC. The second kappa shape index (κ2) is 17.1. The fourth-order valence-corrected chi connectivity index (χ4v) is 4.85. The number of allylic oxidation sites excluding steroid dienone is 2. The van der Waals surface area contributed by atoms with Crippen LogP contribution < -0.4 is 0 Å². The van der Waals surface area contributed by atoms with Gasteiger partial charge in [-0.15, -0.1) is 0 Å². The lowest BCUT2D eigenvalue weighted by molar-refractivity contribution is -0.112. The number of carbonyl (C=O) groups excluding carboxylic acids is 1. The van der Waals surface area contributed by atoms with Gasteiger partial charge in [-0.25, -0.2) is 0 Å². The van der Waals surface area contributed by atoms with Crippen molar-refractivity contribution in [1.29, 1.82) is 0 Å². The van der Waals surface area contributed by atoms with Crippen LogP contribution in [0.1, 0.15) is 111 Å². The lowest BCUT2D eigenvalue weighted by Gasteiger charge is -2.12. The minimum atomic E-state index is -2.51. The molecule has 2 nitrogen and oxygen atoms in total. The quantitative estimate of drug-likeness (QED) is 0.139. The van der Waals surface area contributed by atoms with Gasteiger partial charge in [-0.05, 0) is 32.1 Å². The monoisotopic (exact) mass is 370 g/mol. The number of hydrogen-bond donors (Lipinski definition) is 0. The van der Waals surface area contributed by atoms with E-state index in [0.717, 1.165) is 12.8 Å². The summed E-state index contributed by atoms with van der Waals surface area (Å²) in [7, 11) is -2.51. The van der Waals surface area contributed by atoms with E-state index in [9.17, 15) is 9.36 Å². The van der Waals surface area contributed by atoms with Crippen LogP contribution >= 0.6 is 7.14 Å². The average molecular weight is 371 g/mol. The summed E-state index contributed by atoms with van der Waals surface area (Å²) in [5.41, 5.74) is 0.0372. The first-order valence-electron chi connectivity index (χ1n) is 10.9. The minimum Gasteiger partial charge on any atom is -0.316 e. The van der Waals surface area contributed by atoms with Crippen LogP contribution in [0.15, 0.2) is 12.2 Å². The highest BCUT2D eigenvalue weighted by molar-refractivity contribution is 7.80. The molecule has 0 aliphatic carbocycles. The van der Waals surface area contributed by atoms with Gasteiger partial charge in [-0.3, -0.25) is 4.79 Å². The van der Waals surface area contributed by atoms with Gasteiger partial charge in [0, 0.05) is 18.7 Å². The molecule has 0 aliphatic rings. The molecule has 0 fully saturated rings. The second-order valence-electron chi connectivity index (χ2n) is 7.25. The Morgan fingerprint density at radius 1 is 0.680 bits per heavy atom. The molecule has 0 unspecified atom stereocenters. The number of rotatable bonds is 18. The van der Waals surface area contributed by atoms with Gasteiger partial charge in [0.05, 0.1) is 0 Å². The summed E-state index contributed by atoms with van der Waals surface area (Å²) in [5.74, 6) is 0. The Labute approximate surface area is 157 Å². The van der Waals surface area contributed by atoms with E-state index >= 15 is 0 Å². The fourth-order valence-electron chi connectivity index (χ4n) is 3.13. The summed E-state index contributed by atoms with van der Waals surface area (Å²) in [4.78, 5) is 12.0. The molecule has 0 aromatic heterocycles. The smallest absolute Gasteiger partial charge is 0.191 e. The molecule has 0 aliphatic heterocycles. The van der Waals surface area contributed by atoms with Gasteiger partial charge in [-0.1, -0.05) is 84.3 Å². The minimum absolute atomic E-state index is 0.0372. The molecule has 0 saturated heterocycles. The average Bonchev–Trinajstić information content (AvgIpc) is 2.63. The highest BCUT2D eigenvalue weighted by Crippen LogP contribution is 2.46. The van der Waals surface area contributed by atoms with Crippen LogP contribution in [0.2, 0.25) is 0 Å². The summed E-state index contributed by atoms with van der Waals surface area (Å²) in [6, 6.07) is 0. The molecule has 148 valence electrons. The predicted octanol–water partition coefficient (Wildman–Crippen LogP) is 7.95. The second-order valence-corrected chi connectivity index (χ2v) is 10.8. The first-order chi connectivity index (χ1) is 12.1. The van der Waals surface area contributed by atoms with Crippen LogP contribution in [-0.2, 0) is 9.36 Å². The van der Waals surface area contributed by atoms with Crippen LogP contribution in [0.4, 0.5) is 0 Å². The zero-order chi connectivity index (χ0) is 18.8. The standard InChI is InChI=1S/C22H43O2P/c1-4-7-8-9-10-11-12-13-14-15-16-17-18-19-20-21-22(23)25(24,5-2)6-3/h13-14H,4-12,15-21H2,1-3H3. The summed E-state index contributed by atoms with van der Waals surface area (Å²) in [6.45, 7) is 6.02. The molecular weight excluding hydrogens is 327 g/mol. The van der Waals surface area contributed by atoms with Crippen molar-refractivity contribution >= 4 is 12.7 Å². The van der Waals surface area contributed by atoms with Crippen molar-refractivity contribution in [2.24, 2.45) is 0 Å². The summed E-state index contributed by atoms with van der Waals surface area (Å²) < 4.78 is 12.3. The Bertz CT molecular complexity index is 379. The van der Waals surface area contributed by atoms with E-state index in [1.165, 1.54) is 70.6 Å². The van der Waals surface area contributed by atoms with E-state index in [4.69, 9.17) is 0 Å². The van der Waals surface area contributed by atoms with Gasteiger partial charge in [0.25, 0.3) is 0 Å². The van der Waals surface area contributed by atoms with E-state index in [-0.39, 0.29) is 5.52 Å². The van der Waals surface area contributed by atoms with E-state index in [1.54, 1.807) is 0 Å². The Balaban J connectivity index is 3.40. The topological polar surface area (TPSA) is 34.1 Å². The fraction of sp³-hybridized carbons (Fsp3) is 0.864. The summed E-state index contributed by atoms with van der Waals surface area (Å²) >= 11 is 0. The maximum Gasteiger partial charge on any atom is 0.191 e. The third-order valence-corrected chi connectivity index (χ3v) is 8.30. The van der Waals surface area contributed by atoms with Crippen LogP contribution in [0.3, 0.4) is 0 Å². The van der Waals surface area contributed by atoms with E-state index in [0.29, 0.717) is 18.7 Å². The number of unbranched alkanes of at least 4 members (excludes halogenated alkanes) is 11. The van der Waals surface area contributed by atoms with Crippen molar-refractivity contribution in [2.45, 2.75) is 111 Å². The van der Waals surface area contributed by atoms with Crippen molar-refractivity contribution in [1.82, 2.24) is 0 Å². The van der Waals surface area contributed by atoms with E-state index in [1.807, 2.05) is 13.8 Å². The molecule has 0 amide bonds. The van der Waals surface area contributed by atoms with E-state index < -0.39 is 7.14 Å². The largest absolute Gasteiger partial charge is 0.316 e. The first-order valence-corrected chi connectivity index (χ1v) is 12.9. The normalized spacial score (nSPS) is 12.1. The lowest BCUT2D eigenvalue weighted by Crippen LogP contribution is -2.04. The molecule has 0 radical (unpaired) electrons. The van der Waals surface area contributed by atoms with Gasteiger partial charge in [0.2, 0.25) is 0 Å². The lowest BCUT2D eigenvalue weighted by atomic mass is 10.1. The molecule has 0 atom stereocenters. The van der Waals surface area contributed by atoms with Crippen molar-refractivity contribution in [2.75, 3.05) is 12.3 Å². The number of carbonyl (C=O) groups is 1. The van der Waals surface area contributed by atoms with Gasteiger partial charge < -0.3 is 4.57 Å². The Hall–Kier alpha value is -0.360. The van der Waals surface area contributed by atoms with Crippen LogP contribution in [-0.4, -0.2) is 17.8 Å². The molecule has 0 saturated carbocycles. The van der Waals surface area contributed by atoms with Crippen molar-refractivity contribution in [3.8, 4) is 0 Å². The molecule has 3 heteroatoms. The molecule has 25 heavy (non-hydrogen) atoms. The first kappa shape index (κ1) is 24.6. The van der Waals surface area contributed by atoms with Gasteiger partial charge in [-0.2, -0.15) is 0 Å². The highest BCUT2D eigenvalue weighted by Gasteiger charge is 2.25. The molecule has 0 aromatic rings. The Morgan fingerprint density at radius 2 is 1.12 bits per heavy atom. The molecular formula is C22H43O2P. The Morgan fingerprint density at radius 3 is 1.60 bits per heavy atom. The molecule has 0 N–H and O–H groups in total. The molecule has 0 spiro atoms. The van der Waals surface area contributed by atoms with Crippen LogP contribution in [0.25, 0.3) is 0 Å². The van der Waals surface area contributed by atoms with Gasteiger partial charge in [0.1, 0.15) is 7.14 Å². The third kappa shape index (κ3) is 13.5. The van der Waals surface area contributed by atoms with Gasteiger partial charge >= 0.3 is 0 Å². The summed E-state index contributed by atoms with van der Waals surface area (Å²) in [5, 5.41) is 0. The van der Waals surface area contributed by atoms with Crippen LogP contribution in [0, 0.1) is 0 Å². The summed E-state index contributed by atoms with van der Waals surface area (Å²) in [6.07, 6.45) is 22.7.